The highest BCUT2D eigenvalue weighted by Gasteiger charge is 2.15. The molecule has 0 aliphatic heterocycles. The van der Waals surface area contributed by atoms with Crippen molar-refractivity contribution in [3.63, 3.8) is 0 Å². The van der Waals surface area contributed by atoms with Gasteiger partial charge in [-0.15, -0.1) is 0 Å². The van der Waals surface area contributed by atoms with Crippen molar-refractivity contribution in [2.45, 2.75) is 13.5 Å². The quantitative estimate of drug-likeness (QED) is 0.447. The third-order valence-corrected chi connectivity index (χ3v) is 4.60. The summed E-state index contributed by atoms with van der Waals surface area (Å²) in [7, 11) is 0. The highest BCUT2D eigenvalue weighted by molar-refractivity contribution is 6.32. The Morgan fingerprint density at radius 2 is 1.71 bits per heavy atom. The van der Waals surface area contributed by atoms with Crippen molar-refractivity contribution in [3.8, 4) is 0 Å². The van der Waals surface area contributed by atoms with E-state index in [2.05, 4.69) is 10.6 Å². The van der Waals surface area contributed by atoms with Gasteiger partial charge in [-0.25, -0.2) is 0 Å². The zero-order valence-electron chi connectivity index (χ0n) is 16.3. The van der Waals surface area contributed by atoms with Gasteiger partial charge < -0.3 is 15.2 Å². The maximum atomic E-state index is 12.4. The molecule has 2 aromatic carbocycles. The molecule has 0 atom stereocenters. The van der Waals surface area contributed by atoms with E-state index in [1.165, 1.54) is 53.1 Å². The van der Waals surface area contributed by atoms with Gasteiger partial charge in [-0.2, -0.15) is 0 Å². The van der Waals surface area contributed by atoms with Crippen molar-refractivity contribution in [2.75, 3.05) is 10.6 Å². The number of amides is 2. The normalized spacial score (nSPS) is 10.4. The van der Waals surface area contributed by atoms with Crippen LogP contribution in [0.25, 0.3) is 0 Å². The minimum absolute atomic E-state index is 0.0315. The smallest absolute Gasteiger partial charge is 0.289 e. The highest BCUT2D eigenvalue weighted by atomic mass is 35.5. The zero-order chi connectivity index (χ0) is 22.5. The van der Waals surface area contributed by atoms with Crippen LogP contribution < -0.4 is 16.2 Å². The molecular formula is C21H17ClN4O5. The minimum atomic E-state index is -0.639. The number of rotatable bonds is 6. The fourth-order valence-corrected chi connectivity index (χ4v) is 2.95. The molecule has 0 aliphatic carbocycles. The number of hydrogen-bond donors (Lipinski definition) is 2. The van der Waals surface area contributed by atoms with Crippen molar-refractivity contribution in [3.05, 3.63) is 97.4 Å². The van der Waals surface area contributed by atoms with Gasteiger partial charge in [-0.1, -0.05) is 17.7 Å². The van der Waals surface area contributed by atoms with Crippen molar-refractivity contribution in [1.82, 2.24) is 4.57 Å². The van der Waals surface area contributed by atoms with Crippen LogP contribution in [0.5, 0.6) is 0 Å². The Balaban J connectivity index is 1.64. The number of carbonyl (C=O) groups excluding carboxylic acids is 2. The summed E-state index contributed by atoms with van der Waals surface area (Å²) in [6.45, 7) is 1.68. The first-order chi connectivity index (χ1) is 14.7. The van der Waals surface area contributed by atoms with Gasteiger partial charge in [-0.05, 0) is 48.9 Å². The molecule has 1 aromatic heterocycles. The van der Waals surface area contributed by atoms with E-state index in [1.807, 2.05) is 6.92 Å². The van der Waals surface area contributed by atoms with E-state index in [-0.39, 0.29) is 34.1 Å². The van der Waals surface area contributed by atoms with Crippen molar-refractivity contribution in [1.29, 1.82) is 0 Å². The van der Waals surface area contributed by atoms with Gasteiger partial charge in [-0.3, -0.25) is 24.5 Å². The maximum absolute atomic E-state index is 12.4. The number of aromatic nitrogens is 1. The number of nitrogens with zero attached hydrogens (tertiary/aromatic N) is 2. The number of carbonyl (C=O) groups is 2. The largest absolute Gasteiger partial charge is 0.325 e. The van der Waals surface area contributed by atoms with E-state index < -0.39 is 16.7 Å². The number of hydrogen-bond acceptors (Lipinski definition) is 5. The number of anilines is 2. The molecule has 1 heterocycles. The van der Waals surface area contributed by atoms with E-state index in [0.717, 1.165) is 5.56 Å². The molecule has 0 unspecified atom stereocenters. The molecule has 158 valence electrons. The van der Waals surface area contributed by atoms with Crippen LogP contribution in [0.1, 0.15) is 15.9 Å². The molecule has 0 aliphatic rings. The summed E-state index contributed by atoms with van der Waals surface area (Å²) < 4.78 is 1.30. The van der Waals surface area contributed by atoms with Gasteiger partial charge in [0.15, 0.2) is 0 Å². The van der Waals surface area contributed by atoms with Gasteiger partial charge >= 0.3 is 0 Å². The summed E-state index contributed by atoms with van der Waals surface area (Å²) in [6.07, 6.45) is 1.59. The number of nitro benzene ring substituents is 1. The Bertz CT molecular complexity index is 1220. The summed E-state index contributed by atoms with van der Waals surface area (Å²) in [5.74, 6) is -0.876. The lowest BCUT2D eigenvalue weighted by molar-refractivity contribution is -0.384. The SMILES string of the molecule is Cc1ccc(=O)n(CC(=O)Nc2ccc(C(=O)Nc3ccc(Cl)c([N+](=O)[O-])c3)cc2)c1. The molecule has 0 bridgehead atoms. The van der Waals surface area contributed by atoms with Crippen LogP contribution in [-0.2, 0) is 11.3 Å². The Kier molecular flexibility index (Phi) is 6.46. The molecule has 0 saturated carbocycles. The third kappa shape index (κ3) is 5.55. The molecule has 0 fully saturated rings. The molecule has 10 heteroatoms. The summed E-state index contributed by atoms with van der Waals surface area (Å²) in [4.78, 5) is 46.7. The fourth-order valence-electron chi connectivity index (χ4n) is 2.77. The minimum Gasteiger partial charge on any atom is -0.325 e. The van der Waals surface area contributed by atoms with Crippen molar-refractivity contribution >= 4 is 40.5 Å². The van der Waals surface area contributed by atoms with Gasteiger partial charge in [0, 0.05) is 35.3 Å². The third-order valence-electron chi connectivity index (χ3n) is 4.28. The number of nitrogens with one attached hydrogen (secondary N) is 2. The van der Waals surface area contributed by atoms with E-state index in [1.54, 1.807) is 12.3 Å². The molecule has 9 nitrogen and oxygen atoms in total. The topological polar surface area (TPSA) is 123 Å². The predicted octanol–water partition coefficient (Wildman–Crippen LogP) is 3.61. The van der Waals surface area contributed by atoms with E-state index in [9.17, 15) is 24.5 Å². The number of nitro groups is 1. The fraction of sp³-hybridized carbons (Fsp3) is 0.0952. The second kappa shape index (κ2) is 9.23. The molecule has 2 amide bonds. The number of pyridine rings is 1. The molecule has 0 radical (unpaired) electrons. The summed E-state index contributed by atoms with van der Waals surface area (Å²) in [6, 6.07) is 13.1. The van der Waals surface area contributed by atoms with Crippen LogP contribution in [-0.4, -0.2) is 21.3 Å². The number of aryl methyl sites for hydroxylation is 1. The zero-order valence-corrected chi connectivity index (χ0v) is 17.1. The first-order valence-electron chi connectivity index (χ1n) is 9.05. The first kappa shape index (κ1) is 21.7. The van der Waals surface area contributed by atoms with Crippen LogP contribution in [0.3, 0.4) is 0 Å². The van der Waals surface area contributed by atoms with Crippen LogP contribution in [0.2, 0.25) is 5.02 Å². The molecule has 0 spiro atoms. The van der Waals surface area contributed by atoms with Crippen LogP contribution in [0.15, 0.2) is 65.6 Å². The second-order valence-corrected chi connectivity index (χ2v) is 7.08. The van der Waals surface area contributed by atoms with Crippen molar-refractivity contribution < 1.29 is 14.5 Å². The lowest BCUT2D eigenvalue weighted by Crippen LogP contribution is -2.26. The lowest BCUT2D eigenvalue weighted by atomic mass is 10.2. The van der Waals surface area contributed by atoms with Crippen molar-refractivity contribution in [2.24, 2.45) is 0 Å². The van der Waals surface area contributed by atoms with E-state index >= 15 is 0 Å². The average Bonchev–Trinajstić information content (AvgIpc) is 2.72. The predicted molar refractivity (Wildman–Crippen MR) is 117 cm³/mol. The maximum Gasteiger partial charge on any atom is 0.289 e. The summed E-state index contributed by atoms with van der Waals surface area (Å²) in [5, 5.41) is 16.1. The van der Waals surface area contributed by atoms with E-state index in [4.69, 9.17) is 11.6 Å². The van der Waals surface area contributed by atoms with E-state index in [0.29, 0.717) is 5.69 Å². The van der Waals surface area contributed by atoms with Gasteiger partial charge in [0.1, 0.15) is 11.6 Å². The molecule has 0 saturated heterocycles. The Hall–Kier alpha value is -3.98. The average molecular weight is 441 g/mol. The summed E-state index contributed by atoms with van der Waals surface area (Å²) in [5.41, 5.74) is 1.21. The monoisotopic (exact) mass is 440 g/mol. The van der Waals surface area contributed by atoms with Gasteiger partial charge in [0.05, 0.1) is 4.92 Å². The Labute approximate surface area is 181 Å². The highest BCUT2D eigenvalue weighted by Crippen LogP contribution is 2.27. The molecule has 31 heavy (non-hydrogen) atoms. The molecular weight excluding hydrogens is 424 g/mol. The molecule has 3 rings (SSSR count). The van der Waals surface area contributed by atoms with Crippen LogP contribution >= 0.6 is 11.6 Å². The molecule has 3 aromatic rings. The lowest BCUT2D eigenvalue weighted by Gasteiger charge is -2.09. The first-order valence-corrected chi connectivity index (χ1v) is 9.43. The van der Waals surface area contributed by atoms with Crippen LogP contribution in [0.4, 0.5) is 17.1 Å². The van der Waals surface area contributed by atoms with Crippen LogP contribution in [0, 0.1) is 17.0 Å². The van der Waals surface area contributed by atoms with Gasteiger partial charge in [0.2, 0.25) is 5.91 Å². The second-order valence-electron chi connectivity index (χ2n) is 6.68. The summed E-state index contributed by atoms with van der Waals surface area (Å²) >= 11 is 5.76. The Morgan fingerprint density at radius 3 is 2.39 bits per heavy atom. The Morgan fingerprint density at radius 1 is 1.03 bits per heavy atom. The number of benzene rings is 2. The van der Waals surface area contributed by atoms with Gasteiger partial charge in [0.25, 0.3) is 17.2 Å². The standard InChI is InChI=1S/C21H17ClN4O5/c1-13-2-9-20(28)25(11-13)12-19(27)23-15-5-3-14(4-6-15)21(29)24-16-7-8-17(22)18(10-16)26(30)31/h2-11H,12H2,1H3,(H,23,27)(H,24,29). The molecule has 2 N–H and O–H groups in total. The number of halogens is 1.